The van der Waals surface area contributed by atoms with Crippen molar-refractivity contribution in [3.05, 3.63) is 54.1 Å². The van der Waals surface area contributed by atoms with Crippen LogP contribution in [0.5, 0.6) is 0 Å². The van der Waals surface area contributed by atoms with Gasteiger partial charge in [-0.05, 0) is 48.9 Å². The summed E-state index contributed by atoms with van der Waals surface area (Å²) in [5, 5.41) is 2.70. The van der Waals surface area contributed by atoms with Gasteiger partial charge >= 0.3 is 0 Å². The van der Waals surface area contributed by atoms with Crippen LogP contribution in [0.4, 0.5) is 5.69 Å². The molecule has 0 radical (unpaired) electrons. The van der Waals surface area contributed by atoms with Gasteiger partial charge in [0.05, 0.1) is 22.9 Å². The summed E-state index contributed by atoms with van der Waals surface area (Å²) < 4.78 is 59.1. The second-order valence-corrected chi connectivity index (χ2v) is 11.2. The van der Waals surface area contributed by atoms with Gasteiger partial charge in [-0.15, -0.1) is 0 Å². The Bertz CT molecular complexity index is 1140. The number of anilines is 1. The van der Waals surface area contributed by atoms with Gasteiger partial charge in [-0.2, -0.15) is 8.61 Å². The fraction of sp³-hybridized carbons (Fsp3) is 0.409. The lowest BCUT2D eigenvalue weighted by atomic mass is 10.2. The Morgan fingerprint density at radius 2 is 1.45 bits per heavy atom. The van der Waals surface area contributed by atoms with Crippen LogP contribution in [0.15, 0.2) is 58.3 Å². The quantitative estimate of drug-likeness (QED) is 0.481. The van der Waals surface area contributed by atoms with E-state index in [2.05, 4.69) is 5.32 Å². The Morgan fingerprint density at radius 3 is 1.94 bits per heavy atom. The zero-order valence-corrected chi connectivity index (χ0v) is 20.9. The van der Waals surface area contributed by atoms with Crippen LogP contribution in [0.1, 0.15) is 19.4 Å². The first-order chi connectivity index (χ1) is 15.6. The molecule has 33 heavy (non-hydrogen) atoms. The summed E-state index contributed by atoms with van der Waals surface area (Å²) in [4.78, 5) is 12.5. The summed E-state index contributed by atoms with van der Waals surface area (Å²) >= 11 is 0. The minimum absolute atomic E-state index is 0.00535. The highest BCUT2D eigenvalue weighted by molar-refractivity contribution is 7.89. The number of ether oxygens (including phenoxy) is 1. The largest absolute Gasteiger partial charge is 0.383 e. The number of hydrogen-bond donors (Lipinski definition) is 1. The van der Waals surface area contributed by atoms with E-state index in [1.165, 1.54) is 35.7 Å². The number of hydrogen-bond acceptors (Lipinski definition) is 6. The van der Waals surface area contributed by atoms with E-state index in [1.54, 1.807) is 32.0 Å². The topological polar surface area (TPSA) is 113 Å². The Labute approximate surface area is 196 Å². The Balaban J connectivity index is 2.27. The summed E-state index contributed by atoms with van der Waals surface area (Å²) in [5.41, 5.74) is 1.52. The maximum Gasteiger partial charge on any atom is 0.243 e. The molecular weight excluding hydrogens is 466 g/mol. The van der Waals surface area contributed by atoms with Gasteiger partial charge in [-0.3, -0.25) is 4.79 Å². The molecule has 182 valence electrons. The van der Waals surface area contributed by atoms with E-state index < -0.39 is 32.5 Å². The van der Waals surface area contributed by atoms with Crippen molar-refractivity contribution in [2.45, 2.75) is 30.6 Å². The summed E-state index contributed by atoms with van der Waals surface area (Å²) in [7, 11) is -6.36. The predicted molar refractivity (Wildman–Crippen MR) is 127 cm³/mol. The summed E-state index contributed by atoms with van der Waals surface area (Å²) in [5.74, 6) is -0.499. The zero-order chi connectivity index (χ0) is 24.6. The average Bonchev–Trinajstić information content (AvgIpc) is 2.77. The third-order valence-corrected chi connectivity index (χ3v) is 8.89. The third kappa shape index (κ3) is 6.84. The van der Waals surface area contributed by atoms with E-state index in [4.69, 9.17) is 4.74 Å². The van der Waals surface area contributed by atoms with E-state index in [1.807, 2.05) is 13.0 Å². The Morgan fingerprint density at radius 1 is 0.909 bits per heavy atom. The minimum Gasteiger partial charge on any atom is -0.383 e. The molecule has 0 aliphatic rings. The molecule has 9 nitrogen and oxygen atoms in total. The van der Waals surface area contributed by atoms with Crippen molar-refractivity contribution in [2.75, 3.05) is 45.2 Å². The molecule has 2 aromatic carbocycles. The van der Waals surface area contributed by atoms with Gasteiger partial charge in [0.25, 0.3) is 0 Å². The van der Waals surface area contributed by atoms with Gasteiger partial charge in [0.1, 0.15) is 0 Å². The normalized spacial score (nSPS) is 12.3. The van der Waals surface area contributed by atoms with Crippen LogP contribution in [0.25, 0.3) is 0 Å². The first-order valence-corrected chi connectivity index (χ1v) is 13.4. The van der Waals surface area contributed by atoms with Crippen LogP contribution in [0.3, 0.4) is 0 Å². The molecule has 0 unspecified atom stereocenters. The molecule has 1 N–H and O–H groups in total. The summed E-state index contributed by atoms with van der Waals surface area (Å²) in [6.45, 7) is 5.59. The fourth-order valence-electron chi connectivity index (χ4n) is 3.21. The molecule has 0 aromatic heterocycles. The SMILES string of the molecule is CCN(CC)S(=O)(=O)c1ccc(S(=O)(=O)N(CCOC)CC(=O)Nc2cccc(C)c2)cc1. The van der Waals surface area contributed by atoms with Crippen LogP contribution >= 0.6 is 0 Å². The molecular formula is C22H31N3O6S2. The van der Waals surface area contributed by atoms with E-state index in [0.717, 1.165) is 9.87 Å². The number of benzene rings is 2. The predicted octanol–water partition coefficient (Wildman–Crippen LogP) is 2.30. The number of rotatable bonds is 12. The lowest BCUT2D eigenvalue weighted by Crippen LogP contribution is -2.40. The highest BCUT2D eigenvalue weighted by atomic mass is 32.2. The molecule has 0 spiro atoms. The van der Waals surface area contributed by atoms with Crippen molar-refractivity contribution in [3.8, 4) is 0 Å². The van der Waals surface area contributed by atoms with Crippen LogP contribution in [0.2, 0.25) is 0 Å². The summed E-state index contributed by atoms with van der Waals surface area (Å²) in [6, 6.07) is 12.2. The number of aryl methyl sites for hydroxylation is 1. The van der Waals surface area contributed by atoms with Gasteiger partial charge in [-0.25, -0.2) is 16.8 Å². The van der Waals surface area contributed by atoms with Crippen molar-refractivity contribution in [1.29, 1.82) is 0 Å². The number of carbonyl (C=O) groups is 1. The first-order valence-electron chi connectivity index (χ1n) is 10.5. The molecule has 0 bridgehead atoms. The summed E-state index contributed by atoms with van der Waals surface area (Å²) in [6.07, 6.45) is 0. The van der Waals surface area contributed by atoms with Crippen LogP contribution in [0, 0.1) is 6.92 Å². The highest BCUT2D eigenvalue weighted by Gasteiger charge is 2.28. The van der Waals surface area contributed by atoms with E-state index >= 15 is 0 Å². The van der Waals surface area contributed by atoms with Gasteiger partial charge in [0, 0.05) is 32.4 Å². The second kappa shape index (κ2) is 11.7. The first kappa shape index (κ1) is 26.9. The standard InChI is InChI=1S/C22H31N3O6S2/c1-5-24(6-2)32(27,28)20-10-12-21(13-11-20)33(29,30)25(14-15-31-4)17-22(26)23-19-9-7-8-18(3)16-19/h7-13,16H,5-6,14-15,17H2,1-4H3,(H,23,26). The molecule has 0 aliphatic heterocycles. The van der Waals surface area contributed by atoms with Gasteiger partial charge in [0.15, 0.2) is 0 Å². The molecule has 0 saturated heterocycles. The molecule has 1 amide bonds. The molecule has 0 fully saturated rings. The minimum atomic E-state index is -4.08. The van der Waals surface area contributed by atoms with Crippen LogP contribution in [-0.4, -0.2) is 71.2 Å². The molecule has 0 saturated carbocycles. The zero-order valence-electron chi connectivity index (χ0n) is 19.3. The Kier molecular flexibility index (Phi) is 9.56. The molecule has 11 heteroatoms. The van der Waals surface area contributed by atoms with Crippen molar-refractivity contribution >= 4 is 31.6 Å². The van der Waals surface area contributed by atoms with Crippen LogP contribution < -0.4 is 5.32 Å². The number of nitrogens with zero attached hydrogens (tertiary/aromatic N) is 2. The second-order valence-electron chi connectivity index (χ2n) is 7.31. The molecule has 0 atom stereocenters. The third-order valence-electron chi connectivity index (χ3n) is 4.97. The smallest absolute Gasteiger partial charge is 0.243 e. The van der Waals surface area contributed by atoms with E-state index in [-0.39, 0.29) is 22.9 Å². The lowest BCUT2D eigenvalue weighted by Gasteiger charge is -2.22. The monoisotopic (exact) mass is 497 g/mol. The van der Waals surface area contributed by atoms with Gasteiger partial charge in [0.2, 0.25) is 26.0 Å². The van der Waals surface area contributed by atoms with E-state index in [0.29, 0.717) is 18.8 Å². The molecule has 2 rings (SSSR count). The van der Waals surface area contributed by atoms with Crippen molar-refractivity contribution < 1.29 is 26.4 Å². The number of amides is 1. The van der Waals surface area contributed by atoms with E-state index in [9.17, 15) is 21.6 Å². The Hall–Kier alpha value is -2.31. The fourth-order valence-corrected chi connectivity index (χ4v) is 6.04. The van der Waals surface area contributed by atoms with Crippen molar-refractivity contribution in [1.82, 2.24) is 8.61 Å². The molecule has 0 aliphatic carbocycles. The maximum atomic E-state index is 13.2. The highest BCUT2D eigenvalue weighted by Crippen LogP contribution is 2.21. The number of methoxy groups -OCH3 is 1. The average molecular weight is 498 g/mol. The van der Waals surface area contributed by atoms with Crippen molar-refractivity contribution in [3.63, 3.8) is 0 Å². The molecule has 0 heterocycles. The van der Waals surface area contributed by atoms with Gasteiger partial charge < -0.3 is 10.1 Å². The van der Waals surface area contributed by atoms with Gasteiger partial charge in [-0.1, -0.05) is 26.0 Å². The number of nitrogens with one attached hydrogen (secondary N) is 1. The molecule has 2 aromatic rings. The number of carbonyl (C=O) groups excluding carboxylic acids is 1. The number of sulfonamides is 2. The van der Waals surface area contributed by atoms with Crippen LogP contribution in [-0.2, 0) is 29.6 Å². The maximum absolute atomic E-state index is 13.2. The lowest BCUT2D eigenvalue weighted by molar-refractivity contribution is -0.116. The van der Waals surface area contributed by atoms with Crippen molar-refractivity contribution in [2.24, 2.45) is 0 Å².